The van der Waals surface area contributed by atoms with Crippen LogP contribution in [0.5, 0.6) is 17.5 Å². The lowest BCUT2D eigenvalue weighted by Gasteiger charge is -2.16. The highest BCUT2D eigenvalue weighted by Crippen LogP contribution is 2.26. The predicted octanol–water partition coefficient (Wildman–Crippen LogP) is 3.28. The second-order valence-corrected chi connectivity index (χ2v) is 6.44. The number of benzene rings is 2. The monoisotopic (exact) mass is 409 g/mol. The van der Waals surface area contributed by atoms with Crippen molar-refractivity contribution >= 4 is 11.8 Å². The molecule has 0 fully saturated rings. The Balaban J connectivity index is 1.87. The lowest BCUT2D eigenvalue weighted by Crippen LogP contribution is -2.32. The Hall–Kier alpha value is -3.81. The normalized spacial score (nSPS) is 11.4. The summed E-state index contributed by atoms with van der Waals surface area (Å²) < 4.78 is 15.6. The fraction of sp³-hybridized carbons (Fsp3) is 0.227. The summed E-state index contributed by atoms with van der Waals surface area (Å²) in [6.45, 7) is 0. The Bertz CT molecular complexity index is 1010. The number of anilines is 1. The Kier molecular flexibility index (Phi) is 6.69. The summed E-state index contributed by atoms with van der Waals surface area (Å²) in [6.07, 6.45) is 0.264. The van der Waals surface area contributed by atoms with Crippen LogP contribution in [0, 0.1) is 0 Å². The van der Waals surface area contributed by atoms with Crippen LogP contribution in [-0.2, 0) is 11.2 Å². The van der Waals surface area contributed by atoms with Gasteiger partial charge in [0.2, 0.25) is 0 Å². The number of ether oxygens (including phenoxy) is 3. The van der Waals surface area contributed by atoms with Crippen molar-refractivity contribution < 1.29 is 24.1 Å². The molecule has 1 heterocycles. The van der Waals surface area contributed by atoms with Crippen LogP contribution in [0.25, 0.3) is 11.3 Å². The van der Waals surface area contributed by atoms with Crippen molar-refractivity contribution in [2.24, 2.45) is 0 Å². The molecule has 2 aromatic carbocycles. The molecule has 0 spiro atoms. The minimum Gasteiger partial charge on any atom is -0.497 e. The molecule has 0 aliphatic rings. The topological polar surface area (TPSA) is 103 Å². The molecule has 0 amide bonds. The fourth-order valence-electron chi connectivity index (χ4n) is 2.90. The van der Waals surface area contributed by atoms with E-state index in [4.69, 9.17) is 14.2 Å². The molecule has 1 aromatic heterocycles. The van der Waals surface area contributed by atoms with Crippen molar-refractivity contribution in [3.8, 4) is 28.8 Å². The number of hydrogen-bond acceptors (Lipinski definition) is 7. The van der Waals surface area contributed by atoms with E-state index < -0.39 is 12.0 Å². The molecule has 0 aliphatic carbocycles. The highest BCUT2D eigenvalue weighted by atomic mass is 16.5. The molecule has 0 radical (unpaired) electrons. The number of carboxylic acids is 1. The van der Waals surface area contributed by atoms with Gasteiger partial charge in [0.15, 0.2) is 0 Å². The van der Waals surface area contributed by atoms with Crippen LogP contribution in [0.1, 0.15) is 5.56 Å². The molecule has 2 N–H and O–H groups in total. The third-order valence-electron chi connectivity index (χ3n) is 4.47. The zero-order chi connectivity index (χ0) is 21.5. The van der Waals surface area contributed by atoms with E-state index in [-0.39, 0.29) is 12.4 Å². The van der Waals surface area contributed by atoms with Gasteiger partial charge in [-0.2, -0.15) is 9.97 Å². The summed E-state index contributed by atoms with van der Waals surface area (Å²) >= 11 is 0. The van der Waals surface area contributed by atoms with E-state index in [1.54, 1.807) is 32.4 Å². The van der Waals surface area contributed by atoms with Gasteiger partial charge in [0.05, 0.1) is 27.0 Å². The summed E-state index contributed by atoms with van der Waals surface area (Å²) in [4.78, 5) is 20.5. The fourth-order valence-corrected chi connectivity index (χ4v) is 2.90. The Morgan fingerprint density at radius 3 is 2.33 bits per heavy atom. The molecule has 3 aromatic rings. The molecular weight excluding hydrogens is 386 g/mol. The SMILES string of the molecule is COc1ccc(CC(Nc2cc(-c3cccc(OC)c3)nc(OC)n2)C(=O)O)cc1. The lowest BCUT2D eigenvalue weighted by atomic mass is 10.1. The van der Waals surface area contributed by atoms with Crippen molar-refractivity contribution in [1.29, 1.82) is 0 Å². The lowest BCUT2D eigenvalue weighted by molar-refractivity contribution is -0.137. The maximum Gasteiger partial charge on any atom is 0.326 e. The van der Waals surface area contributed by atoms with Gasteiger partial charge in [-0.3, -0.25) is 0 Å². The minimum absolute atomic E-state index is 0.131. The number of hydrogen-bond donors (Lipinski definition) is 2. The average molecular weight is 409 g/mol. The van der Waals surface area contributed by atoms with Gasteiger partial charge in [0.25, 0.3) is 0 Å². The first-order valence-corrected chi connectivity index (χ1v) is 9.22. The van der Waals surface area contributed by atoms with Crippen LogP contribution >= 0.6 is 0 Å². The van der Waals surface area contributed by atoms with Crippen molar-refractivity contribution in [2.75, 3.05) is 26.6 Å². The van der Waals surface area contributed by atoms with Crippen LogP contribution in [0.2, 0.25) is 0 Å². The zero-order valence-electron chi connectivity index (χ0n) is 17.0. The summed E-state index contributed by atoms with van der Waals surface area (Å²) in [5.74, 6) is 0.747. The molecule has 0 saturated carbocycles. The molecule has 0 saturated heterocycles. The first-order valence-electron chi connectivity index (χ1n) is 9.22. The van der Waals surface area contributed by atoms with Gasteiger partial charge < -0.3 is 24.6 Å². The van der Waals surface area contributed by atoms with Crippen molar-refractivity contribution in [3.05, 3.63) is 60.2 Å². The molecule has 8 heteroatoms. The summed E-state index contributed by atoms with van der Waals surface area (Å²) in [5.41, 5.74) is 2.22. The second kappa shape index (κ2) is 9.60. The number of carboxylic acid groups (broad SMARTS) is 1. The molecule has 0 bridgehead atoms. The van der Waals surface area contributed by atoms with E-state index in [1.165, 1.54) is 7.11 Å². The Morgan fingerprint density at radius 2 is 1.70 bits per heavy atom. The quantitative estimate of drug-likeness (QED) is 0.555. The van der Waals surface area contributed by atoms with Crippen molar-refractivity contribution in [2.45, 2.75) is 12.5 Å². The van der Waals surface area contributed by atoms with E-state index in [9.17, 15) is 9.90 Å². The molecular formula is C22H23N3O5. The summed E-state index contributed by atoms with van der Waals surface area (Å²) in [7, 11) is 4.63. The first kappa shape index (κ1) is 20.9. The van der Waals surface area contributed by atoms with E-state index in [2.05, 4.69) is 15.3 Å². The molecule has 1 unspecified atom stereocenters. The van der Waals surface area contributed by atoms with Gasteiger partial charge in [0.1, 0.15) is 23.4 Å². The maximum absolute atomic E-state index is 11.8. The molecule has 1 atom stereocenters. The van der Waals surface area contributed by atoms with Gasteiger partial charge in [-0.25, -0.2) is 4.79 Å². The molecule has 30 heavy (non-hydrogen) atoms. The number of nitrogens with one attached hydrogen (secondary N) is 1. The Morgan fingerprint density at radius 1 is 0.967 bits per heavy atom. The van der Waals surface area contributed by atoms with E-state index in [0.717, 1.165) is 11.1 Å². The van der Waals surface area contributed by atoms with Crippen LogP contribution in [0.4, 0.5) is 5.82 Å². The van der Waals surface area contributed by atoms with Crippen molar-refractivity contribution in [3.63, 3.8) is 0 Å². The van der Waals surface area contributed by atoms with Gasteiger partial charge >= 0.3 is 12.0 Å². The third kappa shape index (κ3) is 5.16. The number of carbonyl (C=O) groups is 1. The maximum atomic E-state index is 11.8. The average Bonchev–Trinajstić information content (AvgIpc) is 2.78. The van der Waals surface area contributed by atoms with Gasteiger partial charge in [0, 0.05) is 18.1 Å². The smallest absolute Gasteiger partial charge is 0.326 e. The van der Waals surface area contributed by atoms with Crippen molar-refractivity contribution in [1.82, 2.24) is 9.97 Å². The second-order valence-electron chi connectivity index (χ2n) is 6.44. The largest absolute Gasteiger partial charge is 0.497 e. The van der Waals surface area contributed by atoms with Crippen LogP contribution in [0.15, 0.2) is 54.6 Å². The highest BCUT2D eigenvalue weighted by Gasteiger charge is 2.20. The van der Waals surface area contributed by atoms with Crippen LogP contribution in [0.3, 0.4) is 0 Å². The standard InChI is InChI=1S/C22H23N3O5/c1-28-16-9-7-14(8-10-16)11-19(21(26)27)23-20-13-18(24-22(25-20)30-3)15-5-4-6-17(12-15)29-2/h4-10,12-13,19H,11H2,1-3H3,(H,26,27)(H,23,24,25). The first-order chi connectivity index (χ1) is 14.5. The zero-order valence-corrected chi connectivity index (χ0v) is 17.0. The van der Waals surface area contributed by atoms with E-state index in [0.29, 0.717) is 23.0 Å². The summed E-state index contributed by atoms with van der Waals surface area (Å²) in [6, 6.07) is 15.6. The number of aromatic nitrogens is 2. The van der Waals surface area contributed by atoms with E-state index in [1.807, 2.05) is 36.4 Å². The number of methoxy groups -OCH3 is 3. The number of aliphatic carboxylic acids is 1. The third-order valence-corrected chi connectivity index (χ3v) is 4.47. The summed E-state index contributed by atoms with van der Waals surface area (Å²) in [5, 5.41) is 12.7. The molecule has 8 nitrogen and oxygen atoms in total. The molecule has 0 aliphatic heterocycles. The van der Waals surface area contributed by atoms with Gasteiger partial charge in [-0.15, -0.1) is 0 Å². The van der Waals surface area contributed by atoms with Crippen LogP contribution in [-0.4, -0.2) is 48.4 Å². The van der Waals surface area contributed by atoms with Crippen LogP contribution < -0.4 is 19.5 Å². The number of nitrogens with zero attached hydrogens (tertiary/aromatic N) is 2. The number of rotatable bonds is 9. The predicted molar refractivity (Wildman–Crippen MR) is 112 cm³/mol. The van der Waals surface area contributed by atoms with Gasteiger partial charge in [-0.05, 0) is 29.8 Å². The van der Waals surface area contributed by atoms with Gasteiger partial charge in [-0.1, -0.05) is 24.3 Å². The minimum atomic E-state index is -0.994. The molecule has 3 rings (SSSR count). The molecule has 156 valence electrons. The Labute approximate surface area is 174 Å². The van der Waals surface area contributed by atoms with E-state index >= 15 is 0 Å². The highest BCUT2D eigenvalue weighted by molar-refractivity contribution is 5.78.